The SMILES string of the molecule is CCC(=O)c1c(SSc2ccccn2)c(O)n(OC(=O)CCSSc2ccccn2)c1O. The van der Waals surface area contributed by atoms with Crippen molar-refractivity contribution in [3.63, 3.8) is 0 Å². The van der Waals surface area contributed by atoms with Gasteiger partial charge >= 0.3 is 5.97 Å². The Hall–Kier alpha value is -2.28. The van der Waals surface area contributed by atoms with E-state index in [9.17, 15) is 19.8 Å². The molecule has 0 unspecified atom stereocenters. The molecule has 0 aliphatic heterocycles. The number of rotatable bonds is 11. The van der Waals surface area contributed by atoms with Crippen molar-refractivity contribution >= 4 is 54.9 Å². The molecule has 0 aliphatic carbocycles. The van der Waals surface area contributed by atoms with Crippen LogP contribution in [0.1, 0.15) is 30.1 Å². The van der Waals surface area contributed by atoms with Crippen LogP contribution in [0.2, 0.25) is 0 Å². The van der Waals surface area contributed by atoms with E-state index >= 15 is 0 Å². The van der Waals surface area contributed by atoms with Crippen LogP contribution in [-0.2, 0) is 4.79 Å². The Morgan fingerprint density at radius 2 is 1.62 bits per heavy atom. The van der Waals surface area contributed by atoms with E-state index in [1.807, 2.05) is 24.3 Å². The van der Waals surface area contributed by atoms with Gasteiger partial charge < -0.3 is 15.1 Å². The maximum Gasteiger partial charge on any atom is 0.334 e. The lowest BCUT2D eigenvalue weighted by molar-refractivity contribution is -0.144. The number of carbonyl (C=O) groups is 2. The van der Waals surface area contributed by atoms with Gasteiger partial charge in [-0.1, -0.05) is 29.9 Å². The predicted molar refractivity (Wildman–Crippen MR) is 127 cm³/mol. The lowest BCUT2D eigenvalue weighted by atomic mass is 10.2. The maximum atomic E-state index is 12.4. The molecule has 2 N–H and O–H groups in total. The molecule has 3 aromatic heterocycles. The third-order valence-corrected chi connectivity index (χ3v) is 8.43. The number of hydrogen-bond acceptors (Lipinski definition) is 11. The van der Waals surface area contributed by atoms with Crippen molar-refractivity contribution in [3.8, 4) is 11.8 Å². The van der Waals surface area contributed by atoms with Crippen molar-refractivity contribution in [2.75, 3.05) is 5.75 Å². The zero-order valence-corrected chi connectivity index (χ0v) is 20.1. The number of hydrogen-bond donors (Lipinski definition) is 2. The fourth-order valence-corrected chi connectivity index (χ4v) is 6.33. The van der Waals surface area contributed by atoms with Crippen molar-refractivity contribution in [2.45, 2.75) is 34.7 Å². The number of aromatic hydroxyl groups is 2. The molecule has 0 aromatic carbocycles. The smallest absolute Gasteiger partial charge is 0.334 e. The molecule has 8 nitrogen and oxygen atoms in total. The van der Waals surface area contributed by atoms with Crippen LogP contribution in [0.5, 0.6) is 11.8 Å². The number of pyridine rings is 2. The average molecular weight is 510 g/mol. The van der Waals surface area contributed by atoms with Gasteiger partial charge in [0.15, 0.2) is 5.78 Å². The zero-order valence-electron chi connectivity index (χ0n) is 16.8. The summed E-state index contributed by atoms with van der Waals surface area (Å²) in [6.07, 6.45) is 3.44. The molecule has 0 atom stereocenters. The molecule has 0 spiro atoms. The average Bonchev–Trinajstić information content (AvgIpc) is 3.05. The molecule has 0 saturated heterocycles. The first-order valence-electron chi connectivity index (χ1n) is 9.38. The number of aromatic nitrogens is 3. The topological polar surface area (TPSA) is 115 Å². The van der Waals surface area contributed by atoms with E-state index in [-0.39, 0.29) is 29.1 Å². The van der Waals surface area contributed by atoms with Crippen molar-refractivity contribution in [3.05, 3.63) is 54.4 Å². The number of Topliss-reactive ketones (excluding diaryl/α,β-unsaturated/α-hetero) is 1. The molecule has 12 heteroatoms. The molecular weight excluding hydrogens is 491 g/mol. The van der Waals surface area contributed by atoms with Crippen molar-refractivity contribution in [1.82, 2.24) is 14.7 Å². The summed E-state index contributed by atoms with van der Waals surface area (Å²) in [6.45, 7) is 1.64. The summed E-state index contributed by atoms with van der Waals surface area (Å²) in [5, 5.41) is 22.6. The van der Waals surface area contributed by atoms with Crippen molar-refractivity contribution in [1.29, 1.82) is 0 Å². The first-order chi connectivity index (χ1) is 15.5. The number of carbonyl (C=O) groups excluding carboxylic acids is 2. The van der Waals surface area contributed by atoms with E-state index in [0.717, 1.165) is 15.8 Å². The molecule has 0 amide bonds. The third kappa shape index (κ3) is 6.37. The summed E-state index contributed by atoms with van der Waals surface area (Å²) in [7, 11) is 5.11. The maximum absolute atomic E-state index is 12.4. The van der Waals surface area contributed by atoms with Gasteiger partial charge in [-0.05, 0) is 56.6 Å². The Kier molecular flexibility index (Phi) is 9.21. The molecule has 168 valence electrons. The van der Waals surface area contributed by atoms with E-state index < -0.39 is 17.7 Å². The van der Waals surface area contributed by atoms with Crippen LogP contribution in [0.3, 0.4) is 0 Å². The first-order valence-corrected chi connectivity index (χ1v) is 13.8. The monoisotopic (exact) mass is 509 g/mol. The Labute approximate surface area is 200 Å². The Balaban J connectivity index is 1.66. The molecule has 3 aromatic rings. The summed E-state index contributed by atoms with van der Waals surface area (Å²) >= 11 is 0. The van der Waals surface area contributed by atoms with Gasteiger partial charge in [0.1, 0.15) is 15.6 Å². The second-order valence-electron chi connectivity index (χ2n) is 6.04. The predicted octanol–water partition coefficient (Wildman–Crippen LogP) is 4.87. The highest BCUT2D eigenvalue weighted by Gasteiger charge is 2.29. The number of ketones is 1. The molecule has 3 rings (SSSR count). The highest BCUT2D eigenvalue weighted by atomic mass is 33.1. The minimum atomic E-state index is -0.663. The fourth-order valence-electron chi connectivity index (χ4n) is 2.35. The highest BCUT2D eigenvalue weighted by Crippen LogP contribution is 2.47. The Bertz CT molecular complexity index is 1060. The second kappa shape index (κ2) is 12.1. The summed E-state index contributed by atoms with van der Waals surface area (Å²) in [4.78, 5) is 38.2. The summed E-state index contributed by atoms with van der Waals surface area (Å²) in [5.41, 5.74) is -0.0914. The van der Waals surface area contributed by atoms with E-state index in [2.05, 4.69) is 9.97 Å². The van der Waals surface area contributed by atoms with Crippen LogP contribution in [0.15, 0.2) is 63.7 Å². The standard InChI is InChI=1S/C20H19N3O5S4/c1-2-13(24)17-18(32-31-15-8-4-6-11-22-15)20(27)23(19(17)26)28-16(25)9-12-29-30-14-7-3-5-10-21-14/h3-8,10-11,26-27H,2,9,12H2,1H3. The summed E-state index contributed by atoms with van der Waals surface area (Å²) in [6, 6.07) is 10.9. The Morgan fingerprint density at radius 3 is 2.22 bits per heavy atom. The fraction of sp³-hybridized carbons (Fsp3) is 0.200. The summed E-state index contributed by atoms with van der Waals surface area (Å²) in [5.74, 6) is -1.75. The van der Waals surface area contributed by atoms with E-state index in [0.29, 0.717) is 15.5 Å². The van der Waals surface area contributed by atoms with Gasteiger partial charge in [-0.3, -0.25) is 4.79 Å². The largest absolute Gasteiger partial charge is 0.492 e. The molecule has 0 fully saturated rings. The van der Waals surface area contributed by atoms with Crippen LogP contribution in [0, 0.1) is 0 Å². The molecule has 0 aliphatic rings. The lowest BCUT2D eigenvalue weighted by Crippen LogP contribution is -2.19. The van der Waals surface area contributed by atoms with E-state index in [4.69, 9.17) is 4.84 Å². The third-order valence-electron chi connectivity index (χ3n) is 3.85. The molecule has 0 bridgehead atoms. The number of nitrogens with zero attached hydrogens (tertiary/aromatic N) is 3. The molecule has 3 heterocycles. The van der Waals surface area contributed by atoms with Crippen molar-refractivity contribution < 1.29 is 24.6 Å². The van der Waals surface area contributed by atoms with Gasteiger partial charge in [-0.2, -0.15) is 0 Å². The zero-order chi connectivity index (χ0) is 22.9. The first kappa shape index (κ1) is 24.4. The van der Waals surface area contributed by atoms with Crippen LogP contribution in [0.4, 0.5) is 0 Å². The quantitative estimate of drug-likeness (QED) is 0.210. The van der Waals surface area contributed by atoms with Crippen molar-refractivity contribution in [2.24, 2.45) is 0 Å². The van der Waals surface area contributed by atoms with Gasteiger partial charge in [-0.15, -0.1) is 4.73 Å². The second-order valence-corrected chi connectivity index (χ2v) is 10.6. The molecule has 0 radical (unpaired) electrons. The van der Waals surface area contributed by atoms with Gasteiger partial charge in [0.2, 0.25) is 11.8 Å². The normalized spacial score (nSPS) is 10.8. The van der Waals surface area contributed by atoms with E-state index in [1.54, 1.807) is 31.5 Å². The lowest BCUT2D eigenvalue weighted by Gasteiger charge is -2.07. The summed E-state index contributed by atoms with van der Waals surface area (Å²) < 4.78 is 0.600. The van der Waals surface area contributed by atoms with E-state index in [1.165, 1.54) is 32.4 Å². The van der Waals surface area contributed by atoms with Crippen LogP contribution in [0.25, 0.3) is 0 Å². The molecular formula is C20H19N3O5S4. The molecule has 0 saturated carbocycles. The van der Waals surface area contributed by atoms with Gasteiger partial charge in [-0.25, -0.2) is 14.8 Å². The van der Waals surface area contributed by atoms with Gasteiger partial charge in [0.25, 0.3) is 0 Å². The highest BCUT2D eigenvalue weighted by molar-refractivity contribution is 8.77. The van der Waals surface area contributed by atoms with Gasteiger partial charge in [0.05, 0.1) is 11.3 Å². The minimum Gasteiger partial charge on any atom is -0.492 e. The van der Waals surface area contributed by atoms with Crippen LogP contribution >= 0.6 is 43.2 Å². The van der Waals surface area contributed by atoms with Gasteiger partial charge in [0, 0.05) is 24.6 Å². The Morgan fingerprint density at radius 1 is 0.969 bits per heavy atom. The molecule has 32 heavy (non-hydrogen) atoms. The van der Waals surface area contributed by atoms with Crippen LogP contribution < -0.4 is 4.84 Å². The van der Waals surface area contributed by atoms with Crippen LogP contribution in [-0.4, -0.2) is 42.4 Å². The minimum absolute atomic E-state index is 0.0315.